The van der Waals surface area contributed by atoms with Crippen molar-refractivity contribution in [2.75, 3.05) is 20.1 Å². The molecule has 21 heavy (non-hydrogen) atoms. The lowest BCUT2D eigenvalue weighted by molar-refractivity contribution is 0.382. The molecular weight excluding hydrogens is 372 g/mol. The molecule has 2 fully saturated rings. The van der Waals surface area contributed by atoms with E-state index < -0.39 is 10.0 Å². The number of hydrogen-bond acceptors (Lipinski definition) is 4. The van der Waals surface area contributed by atoms with Crippen LogP contribution in [-0.4, -0.2) is 32.9 Å². The smallest absolute Gasteiger partial charge is 0.245 e. The van der Waals surface area contributed by atoms with Gasteiger partial charge in [-0.05, 0) is 66.6 Å². The predicted octanol–water partition coefficient (Wildman–Crippen LogP) is 3.04. The molecule has 0 unspecified atom stereocenters. The van der Waals surface area contributed by atoms with Gasteiger partial charge in [-0.15, -0.1) is 11.3 Å². The van der Waals surface area contributed by atoms with Gasteiger partial charge in [0.2, 0.25) is 10.0 Å². The Bertz CT molecular complexity index is 592. The lowest BCUT2D eigenvalue weighted by atomic mass is 10.4. The first-order valence-corrected chi connectivity index (χ1v) is 10.5. The molecule has 0 spiro atoms. The van der Waals surface area contributed by atoms with E-state index in [-0.39, 0.29) is 0 Å². The van der Waals surface area contributed by atoms with Gasteiger partial charge in [0.05, 0.1) is 3.79 Å². The first-order chi connectivity index (χ1) is 10.0. The summed E-state index contributed by atoms with van der Waals surface area (Å²) in [4.78, 5) is 1.49. The second-order valence-electron chi connectivity index (χ2n) is 6.09. The fourth-order valence-electron chi connectivity index (χ4n) is 2.42. The Balaban J connectivity index is 1.84. The highest BCUT2D eigenvalue weighted by Gasteiger charge is 2.37. The minimum atomic E-state index is -3.37. The predicted molar refractivity (Wildman–Crippen MR) is 89.0 cm³/mol. The van der Waals surface area contributed by atoms with E-state index in [0.717, 1.165) is 8.66 Å². The third-order valence-electron chi connectivity index (χ3n) is 3.99. The van der Waals surface area contributed by atoms with Gasteiger partial charge >= 0.3 is 0 Å². The fourth-order valence-corrected chi connectivity index (χ4v) is 6.66. The van der Waals surface area contributed by atoms with E-state index in [1.54, 1.807) is 4.31 Å². The van der Waals surface area contributed by atoms with Crippen molar-refractivity contribution in [3.8, 4) is 0 Å². The minimum Gasteiger partial charge on any atom is -0.315 e. The van der Waals surface area contributed by atoms with Crippen LogP contribution in [0.25, 0.3) is 0 Å². The Morgan fingerprint density at radius 1 is 1.29 bits per heavy atom. The van der Waals surface area contributed by atoms with Crippen molar-refractivity contribution in [2.45, 2.75) is 37.1 Å². The standard InChI is InChI=1S/C14H21BrN2O2S2/c1-16-7-12-6-13(14(15)20-12)21(18,19)17(8-10-2-3-10)9-11-4-5-11/h6,10-11,16H,2-5,7-9H2,1H3. The van der Waals surface area contributed by atoms with Crippen LogP contribution >= 0.6 is 27.3 Å². The summed E-state index contributed by atoms with van der Waals surface area (Å²) >= 11 is 4.94. The average Bonchev–Trinajstić information content (AvgIpc) is 3.32. The van der Waals surface area contributed by atoms with Crippen molar-refractivity contribution in [1.29, 1.82) is 0 Å². The maximum absolute atomic E-state index is 13.0. The molecule has 0 aromatic carbocycles. The van der Waals surface area contributed by atoms with Crippen LogP contribution in [-0.2, 0) is 16.6 Å². The molecule has 0 aliphatic heterocycles. The monoisotopic (exact) mass is 392 g/mol. The van der Waals surface area contributed by atoms with E-state index in [2.05, 4.69) is 21.2 Å². The van der Waals surface area contributed by atoms with Crippen molar-refractivity contribution in [3.63, 3.8) is 0 Å². The van der Waals surface area contributed by atoms with Gasteiger partial charge in [-0.25, -0.2) is 8.42 Å². The molecular formula is C14H21BrN2O2S2. The van der Waals surface area contributed by atoms with E-state index in [9.17, 15) is 8.42 Å². The summed E-state index contributed by atoms with van der Waals surface area (Å²) < 4.78 is 28.4. The molecule has 118 valence electrons. The first-order valence-electron chi connectivity index (χ1n) is 7.43. The third-order valence-corrected chi connectivity index (χ3v) is 8.08. The Hall–Kier alpha value is 0.0500. The van der Waals surface area contributed by atoms with Crippen molar-refractivity contribution in [1.82, 2.24) is 9.62 Å². The number of rotatable bonds is 8. The molecule has 1 heterocycles. The number of hydrogen-bond donors (Lipinski definition) is 1. The molecule has 2 aliphatic carbocycles. The van der Waals surface area contributed by atoms with E-state index in [1.165, 1.54) is 37.0 Å². The van der Waals surface area contributed by atoms with Crippen molar-refractivity contribution >= 4 is 37.3 Å². The van der Waals surface area contributed by atoms with Crippen molar-refractivity contribution < 1.29 is 8.42 Å². The number of halogens is 1. The molecule has 0 bridgehead atoms. The minimum absolute atomic E-state index is 0.444. The summed E-state index contributed by atoms with van der Waals surface area (Å²) in [6.45, 7) is 2.09. The summed E-state index contributed by atoms with van der Waals surface area (Å²) in [6, 6.07) is 1.81. The second-order valence-corrected chi connectivity index (χ2v) is 10.5. The van der Waals surface area contributed by atoms with Gasteiger partial charge in [-0.1, -0.05) is 0 Å². The van der Waals surface area contributed by atoms with Crippen molar-refractivity contribution in [3.05, 3.63) is 14.7 Å². The van der Waals surface area contributed by atoms with Crippen LogP contribution in [0.4, 0.5) is 0 Å². The Morgan fingerprint density at radius 3 is 2.33 bits per heavy atom. The van der Waals surface area contributed by atoms with E-state index >= 15 is 0 Å². The van der Waals surface area contributed by atoms with Gasteiger partial charge in [-0.2, -0.15) is 4.31 Å². The zero-order chi connectivity index (χ0) is 15.0. The third kappa shape index (κ3) is 3.88. The van der Waals surface area contributed by atoms with Crippen LogP contribution in [0, 0.1) is 11.8 Å². The highest BCUT2D eigenvalue weighted by Crippen LogP contribution is 2.39. The quantitative estimate of drug-likeness (QED) is 0.739. The summed E-state index contributed by atoms with van der Waals surface area (Å²) in [5.74, 6) is 1.15. The maximum atomic E-state index is 13.0. The van der Waals surface area contributed by atoms with Gasteiger partial charge in [0, 0.05) is 24.5 Å². The van der Waals surface area contributed by atoms with E-state index in [0.29, 0.717) is 36.4 Å². The summed E-state index contributed by atoms with van der Waals surface area (Å²) in [5, 5.41) is 3.07. The van der Waals surface area contributed by atoms with Gasteiger partial charge in [-0.3, -0.25) is 0 Å². The maximum Gasteiger partial charge on any atom is 0.245 e. The zero-order valence-corrected chi connectivity index (χ0v) is 15.4. The van der Waals surface area contributed by atoms with Gasteiger partial charge in [0.25, 0.3) is 0 Å². The molecule has 3 rings (SSSR count). The molecule has 0 radical (unpaired) electrons. The summed E-state index contributed by atoms with van der Waals surface area (Å²) in [7, 11) is -1.50. The van der Waals surface area contributed by atoms with E-state index in [4.69, 9.17) is 0 Å². The Kier molecular flexibility index (Phi) is 4.76. The van der Waals surface area contributed by atoms with E-state index in [1.807, 2.05) is 13.1 Å². The Morgan fingerprint density at radius 2 is 1.86 bits per heavy atom. The topological polar surface area (TPSA) is 49.4 Å². The molecule has 1 aromatic heterocycles. The largest absolute Gasteiger partial charge is 0.315 e. The zero-order valence-electron chi connectivity index (χ0n) is 12.1. The average molecular weight is 393 g/mol. The molecule has 4 nitrogen and oxygen atoms in total. The number of nitrogens with one attached hydrogen (secondary N) is 1. The number of sulfonamides is 1. The summed E-state index contributed by atoms with van der Waals surface area (Å²) in [6.07, 6.45) is 4.69. The normalized spacial score (nSPS) is 19.4. The Labute approximate surface area is 139 Å². The first kappa shape index (κ1) is 15.9. The van der Waals surface area contributed by atoms with Gasteiger partial charge < -0.3 is 5.32 Å². The molecule has 1 N–H and O–H groups in total. The van der Waals surface area contributed by atoms with Crippen LogP contribution in [0.3, 0.4) is 0 Å². The summed E-state index contributed by atoms with van der Waals surface area (Å²) in [5.41, 5.74) is 0. The number of nitrogens with zero attached hydrogens (tertiary/aromatic N) is 1. The molecule has 0 atom stereocenters. The SMILES string of the molecule is CNCc1cc(S(=O)(=O)N(CC2CC2)CC2CC2)c(Br)s1. The number of thiophene rings is 1. The van der Waals surface area contributed by atoms with Crippen LogP contribution in [0.2, 0.25) is 0 Å². The molecule has 0 saturated heterocycles. The van der Waals surface area contributed by atoms with Gasteiger partial charge in [0.15, 0.2) is 0 Å². The van der Waals surface area contributed by atoms with Crippen LogP contribution < -0.4 is 5.32 Å². The van der Waals surface area contributed by atoms with Crippen LogP contribution in [0.1, 0.15) is 30.6 Å². The highest BCUT2D eigenvalue weighted by atomic mass is 79.9. The fraction of sp³-hybridized carbons (Fsp3) is 0.714. The van der Waals surface area contributed by atoms with Crippen LogP contribution in [0.5, 0.6) is 0 Å². The van der Waals surface area contributed by atoms with Crippen molar-refractivity contribution in [2.24, 2.45) is 11.8 Å². The highest BCUT2D eigenvalue weighted by molar-refractivity contribution is 9.11. The lowest BCUT2D eigenvalue weighted by Gasteiger charge is -2.21. The lowest BCUT2D eigenvalue weighted by Crippen LogP contribution is -2.34. The van der Waals surface area contributed by atoms with Gasteiger partial charge in [0.1, 0.15) is 4.90 Å². The molecule has 1 aromatic rings. The van der Waals surface area contributed by atoms with Crippen LogP contribution in [0.15, 0.2) is 14.7 Å². The molecule has 2 saturated carbocycles. The molecule has 2 aliphatic rings. The second kappa shape index (κ2) is 6.28. The molecule has 0 amide bonds. The molecule has 7 heteroatoms.